The number of hydrogen-bond donors (Lipinski definition) is 0. The van der Waals surface area contributed by atoms with E-state index in [0.717, 1.165) is 156 Å². The topological polar surface area (TPSA) is 19.7 Å². The second-order valence-electron chi connectivity index (χ2n) is 48.1. The fourth-order valence-corrected chi connectivity index (χ4v) is 22.2. The van der Waals surface area contributed by atoms with Crippen molar-refractivity contribution >= 4 is 87.2 Å². The van der Waals surface area contributed by atoms with Crippen molar-refractivity contribution in [1.29, 1.82) is 0 Å². The van der Waals surface area contributed by atoms with Crippen molar-refractivity contribution in [3.63, 3.8) is 0 Å². The van der Waals surface area contributed by atoms with E-state index >= 15 is 0 Å². The number of hydrogen-bond acceptors (Lipinski definition) is 0. The third-order valence-electron chi connectivity index (χ3n) is 30.1. The summed E-state index contributed by atoms with van der Waals surface area (Å²) in [5.74, 6) is 0. The Bertz CT molecular complexity index is 6800. The zero-order chi connectivity index (χ0) is 96.0. The first kappa shape index (κ1) is 89.3. The van der Waals surface area contributed by atoms with Gasteiger partial charge in [-0.25, -0.2) is 0 Å². The predicted molar refractivity (Wildman–Crippen MR) is 589 cm³/mol. The molecule has 0 aliphatic rings. The van der Waals surface area contributed by atoms with Crippen molar-refractivity contribution in [2.24, 2.45) is 0 Å². The van der Waals surface area contributed by atoms with Crippen molar-refractivity contribution < 1.29 is 0 Å². The molecule has 680 valence electrons. The summed E-state index contributed by atoms with van der Waals surface area (Å²) >= 11 is 0. The van der Waals surface area contributed by atoms with Crippen molar-refractivity contribution in [2.75, 3.05) is 0 Å². The standard InChI is InChI=1S/C132H132N4/c1-77-29-69-97(70-30-77)133-117-101(81-37-53-89(54-38-81)125(5,6)7)103(83-41-57-91(58-42-83)127(11,12)13)119-111-109(117)110-112-114-116-115-113(111)121(134(119)98-71-31-78(2)32-72-98)105(85-45-61-93(62-46-85)129(17,18)19)107(87-49-65-95(66-50-87)131(23,24)25)123(115)136(100-75-35-80(4)36-76-100)124(116)108(88-51-67-96(68-52-88)132(26,27)28)106(86-47-63-94(64-48-86)130(20,21)22)122(114)135(99-73-33-79(3)34-74-99)120(112)104(84-43-59-92(60-44-84)128(14,15)16)102(118(110)133)82-39-55-90(56-40-82)126(8,9)10/h29-76H,1-28H3. The van der Waals surface area contributed by atoms with E-state index in [9.17, 15) is 0 Å². The average Bonchev–Trinajstić information content (AvgIpc) is 1.46. The van der Waals surface area contributed by atoms with Gasteiger partial charge in [0, 0.05) is 110 Å². The Hall–Kier alpha value is -13.3. The number of aromatic nitrogens is 4. The molecule has 0 radical (unpaired) electrons. The molecule has 0 saturated carbocycles. The van der Waals surface area contributed by atoms with Crippen molar-refractivity contribution in [1.82, 2.24) is 18.3 Å². The lowest BCUT2D eigenvalue weighted by Crippen LogP contribution is -2.11. The summed E-state index contributed by atoms with van der Waals surface area (Å²) < 4.78 is 11.3. The van der Waals surface area contributed by atoms with Crippen LogP contribution in [0.4, 0.5) is 0 Å². The number of benzene rings is 16. The van der Waals surface area contributed by atoms with Gasteiger partial charge in [0.25, 0.3) is 0 Å². The Kier molecular flexibility index (Phi) is 20.4. The lowest BCUT2D eigenvalue weighted by atomic mass is 9.80. The highest BCUT2D eigenvalue weighted by molar-refractivity contribution is 6.53. The van der Waals surface area contributed by atoms with Crippen molar-refractivity contribution in [2.45, 2.75) is 237 Å². The molecule has 0 saturated heterocycles. The maximum Gasteiger partial charge on any atom is 0.0634 e. The Labute approximate surface area is 806 Å². The van der Waals surface area contributed by atoms with Gasteiger partial charge in [-0.15, -0.1) is 0 Å². The molecule has 0 fully saturated rings. The molecule has 0 aliphatic heterocycles. The Morgan fingerprint density at radius 2 is 0.221 bits per heavy atom. The minimum absolute atomic E-state index is 0.163. The van der Waals surface area contributed by atoms with Crippen LogP contribution in [0, 0.1) is 27.7 Å². The minimum atomic E-state index is -0.163. The van der Waals surface area contributed by atoms with Crippen molar-refractivity contribution in [3.8, 4) is 112 Å². The molecular weight excluding hydrogens is 1640 g/mol. The van der Waals surface area contributed by atoms with Gasteiger partial charge in [0.2, 0.25) is 0 Å². The van der Waals surface area contributed by atoms with Gasteiger partial charge in [0.05, 0.1) is 44.1 Å². The normalized spacial score (nSPS) is 13.1. The van der Waals surface area contributed by atoms with Crippen LogP contribution >= 0.6 is 0 Å². The van der Waals surface area contributed by atoms with E-state index in [-0.39, 0.29) is 43.3 Å². The van der Waals surface area contributed by atoms with Crippen LogP contribution in [0.25, 0.3) is 199 Å². The van der Waals surface area contributed by atoms with E-state index in [1.165, 1.54) is 110 Å². The quantitative estimate of drug-likeness (QED) is 0.116. The summed E-state index contributed by atoms with van der Waals surface area (Å²) in [5.41, 5.74) is 45.5. The molecule has 0 spiro atoms. The summed E-state index contributed by atoms with van der Waals surface area (Å²) in [6.45, 7) is 65.7. The third-order valence-corrected chi connectivity index (χ3v) is 30.1. The number of nitrogens with zero attached hydrogens (tertiary/aromatic N) is 4. The fraction of sp³-hybridized carbons (Fsp3) is 0.273. The molecule has 4 heteroatoms. The zero-order valence-electron chi connectivity index (χ0n) is 85.5. The van der Waals surface area contributed by atoms with Crippen LogP contribution in [0.15, 0.2) is 291 Å². The van der Waals surface area contributed by atoms with Crippen LogP contribution in [-0.2, 0) is 43.3 Å². The third kappa shape index (κ3) is 14.4. The van der Waals surface area contributed by atoms with Gasteiger partial charge in [-0.05, 0) is 209 Å². The highest BCUT2D eigenvalue weighted by Crippen LogP contribution is 2.66. The van der Waals surface area contributed by atoms with Crippen LogP contribution in [0.5, 0.6) is 0 Å². The van der Waals surface area contributed by atoms with E-state index in [1.807, 2.05) is 0 Å². The zero-order valence-corrected chi connectivity index (χ0v) is 85.5. The second-order valence-corrected chi connectivity index (χ2v) is 48.1. The first-order valence-corrected chi connectivity index (χ1v) is 49.5. The smallest absolute Gasteiger partial charge is 0.0634 e. The summed E-state index contributed by atoms with van der Waals surface area (Å²) in [4.78, 5) is 0. The first-order valence-electron chi connectivity index (χ1n) is 49.5. The van der Waals surface area contributed by atoms with Gasteiger partial charge in [0.15, 0.2) is 0 Å². The molecule has 0 amide bonds. The van der Waals surface area contributed by atoms with Crippen LogP contribution < -0.4 is 0 Å². The molecule has 21 aromatic rings. The summed E-state index contributed by atoms with van der Waals surface area (Å²) in [7, 11) is 0. The van der Waals surface area contributed by atoms with Crippen LogP contribution in [0.2, 0.25) is 0 Å². The van der Waals surface area contributed by atoms with Gasteiger partial charge in [-0.3, -0.25) is 0 Å². The van der Waals surface area contributed by atoms with Gasteiger partial charge in [-0.1, -0.05) is 431 Å². The summed E-state index contributed by atoms with van der Waals surface area (Å²) in [5, 5.41) is 9.66. The minimum Gasteiger partial charge on any atom is -0.308 e. The van der Waals surface area contributed by atoms with E-state index in [2.05, 4.69) is 503 Å². The van der Waals surface area contributed by atoms with Crippen LogP contribution in [-0.4, -0.2) is 18.3 Å². The largest absolute Gasteiger partial charge is 0.308 e. The second kappa shape index (κ2) is 31.1. The van der Waals surface area contributed by atoms with Crippen molar-refractivity contribution in [3.05, 3.63) is 358 Å². The Balaban J connectivity index is 1.23. The molecule has 0 bridgehead atoms. The first-order chi connectivity index (χ1) is 64.2. The average molecular weight is 1770 g/mol. The lowest BCUT2D eigenvalue weighted by Gasteiger charge is -2.24. The van der Waals surface area contributed by atoms with Gasteiger partial charge < -0.3 is 18.3 Å². The molecule has 0 atom stereocenters. The molecule has 0 N–H and O–H groups in total. The van der Waals surface area contributed by atoms with Gasteiger partial charge in [-0.2, -0.15) is 0 Å². The Morgan fingerprint density at radius 1 is 0.125 bits per heavy atom. The highest BCUT2D eigenvalue weighted by atomic mass is 15.1. The van der Waals surface area contributed by atoms with Crippen LogP contribution in [0.1, 0.15) is 233 Å². The Morgan fingerprint density at radius 3 is 0.309 bits per heavy atom. The highest BCUT2D eigenvalue weighted by Gasteiger charge is 2.43. The lowest BCUT2D eigenvalue weighted by molar-refractivity contribution is 0.590. The fourth-order valence-electron chi connectivity index (χ4n) is 22.2. The molecule has 0 unspecified atom stereocenters. The molecule has 21 rings (SSSR count). The summed E-state index contributed by atoms with van der Waals surface area (Å²) in [6, 6.07) is 118. The molecule has 17 aromatic carbocycles. The monoisotopic (exact) mass is 1770 g/mol. The molecular formula is C132H132N4. The predicted octanol–water partition coefficient (Wildman–Crippen LogP) is 37.3. The van der Waals surface area contributed by atoms with E-state index in [1.54, 1.807) is 0 Å². The van der Waals surface area contributed by atoms with Gasteiger partial charge >= 0.3 is 0 Å². The van der Waals surface area contributed by atoms with Crippen LogP contribution in [0.3, 0.4) is 0 Å². The van der Waals surface area contributed by atoms with E-state index < -0.39 is 0 Å². The maximum atomic E-state index is 2.83. The van der Waals surface area contributed by atoms with E-state index in [4.69, 9.17) is 0 Å². The molecule has 4 aromatic heterocycles. The number of aryl methyl sites for hydroxylation is 4. The summed E-state index contributed by atoms with van der Waals surface area (Å²) in [6.07, 6.45) is 0. The number of rotatable bonds is 12. The maximum absolute atomic E-state index is 2.83. The molecule has 4 nitrogen and oxygen atoms in total. The van der Waals surface area contributed by atoms with E-state index in [0.29, 0.717) is 0 Å². The molecule has 0 aliphatic carbocycles. The SMILES string of the molecule is Cc1ccc(-n2c3c(-c4ccc(C(C)(C)C)cc4)c(-c4ccc(C(C)(C)C)cc4)c4c5c3c3c6c7c8c9c5c(c(-c5ccc(C(C)(C)C)cc5)c(-c5ccc(C(C)(C)C)cc5)c9n(-c5ccc(C)cc5)c8c(-c5ccc(C(C)(C)C)cc5)c(-c5ccc(C(C)(C)C)cc5)c7n(-c5ccc(C)cc5)c6c(-c5ccc(C(C)(C)C)cc5)c(-c5ccc(C(C)(C)C)cc5)c32)n4-c2ccc(C)cc2)cc1. The molecule has 136 heavy (non-hydrogen) atoms. The van der Waals surface area contributed by atoms with Gasteiger partial charge in [0.1, 0.15) is 0 Å². The molecule has 4 heterocycles.